The molecule has 1 fully saturated rings. The van der Waals surface area contributed by atoms with Gasteiger partial charge in [0.25, 0.3) is 5.91 Å². The summed E-state index contributed by atoms with van der Waals surface area (Å²) in [6.45, 7) is 1.24. The second-order valence-corrected chi connectivity index (χ2v) is 9.11. The van der Waals surface area contributed by atoms with Crippen LogP contribution in [0.4, 0.5) is 0 Å². The lowest BCUT2D eigenvalue weighted by molar-refractivity contribution is -0.123. The predicted octanol–water partition coefficient (Wildman–Crippen LogP) is 3.51. The number of thioether (sulfide) groups is 1. The van der Waals surface area contributed by atoms with E-state index < -0.39 is 0 Å². The van der Waals surface area contributed by atoms with Gasteiger partial charge in [0, 0.05) is 23.4 Å². The molecule has 170 valence electrons. The Bertz CT molecular complexity index is 918. The van der Waals surface area contributed by atoms with Gasteiger partial charge in [-0.3, -0.25) is 9.59 Å². The second-order valence-electron chi connectivity index (χ2n) is 7.21. The molecule has 0 spiro atoms. The van der Waals surface area contributed by atoms with E-state index in [1.165, 1.54) is 11.8 Å². The Morgan fingerprint density at radius 1 is 1.22 bits per heavy atom. The van der Waals surface area contributed by atoms with Crippen LogP contribution in [0, 0.1) is 0 Å². The number of carbonyl (C=O) groups is 2. The number of ether oxygens (including phenoxy) is 2. The molecular weight excluding hydrogens is 494 g/mol. The third-order valence-electron chi connectivity index (χ3n) is 4.59. The van der Waals surface area contributed by atoms with Crippen molar-refractivity contribution in [1.29, 1.82) is 0 Å². The highest BCUT2D eigenvalue weighted by Crippen LogP contribution is 2.17. The third-order valence-corrected chi connectivity index (χ3v) is 6.09. The van der Waals surface area contributed by atoms with E-state index in [0.29, 0.717) is 18.0 Å². The van der Waals surface area contributed by atoms with E-state index in [2.05, 4.69) is 31.8 Å². The Morgan fingerprint density at radius 2 is 2.06 bits per heavy atom. The van der Waals surface area contributed by atoms with Crippen LogP contribution < -0.4 is 15.5 Å². The maximum absolute atomic E-state index is 11.9. The van der Waals surface area contributed by atoms with Crippen LogP contribution in [0.25, 0.3) is 0 Å². The van der Waals surface area contributed by atoms with Gasteiger partial charge in [-0.25, -0.2) is 5.43 Å². The van der Waals surface area contributed by atoms with Crippen LogP contribution in [0.15, 0.2) is 58.1 Å². The van der Waals surface area contributed by atoms with Gasteiger partial charge in [-0.05, 0) is 60.4 Å². The van der Waals surface area contributed by atoms with Crippen molar-refractivity contribution in [2.45, 2.75) is 24.7 Å². The number of carbonyl (C=O) groups excluding carboxylic acids is 2. The topological polar surface area (TPSA) is 89.0 Å². The summed E-state index contributed by atoms with van der Waals surface area (Å²) < 4.78 is 12.0. The van der Waals surface area contributed by atoms with Crippen LogP contribution in [0.5, 0.6) is 5.75 Å². The molecule has 1 heterocycles. The zero-order chi connectivity index (χ0) is 22.6. The van der Waals surface area contributed by atoms with Crippen molar-refractivity contribution in [1.82, 2.24) is 10.7 Å². The number of benzene rings is 2. The van der Waals surface area contributed by atoms with Crippen LogP contribution >= 0.6 is 27.7 Å². The van der Waals surface area contributed by atoms with Crippen molar-refractivity contribution in [3.63, 3.8) is 0 Å². The van der Waals surface area contributed by atoms with Crippen molar-refractivity contribution in [3.8, 4) is 5.75 Å². The lowest BCUT2D eigenvalue weighted by atomic mass is 10.2. The summed E-state index contributed by atoms with van der Waals surface area (Å²) in [6, 6.07) is 15.1. The van der Waals surface area contributed by atoms with E-state index in [4.69, 9.17) is 9.47 Å². The second kappa shape index (κ2) is 13.2. The maximum Gasteiger partial charge on any atom is 0.258 e. The number of nitrogens with zero attached hydrogens (tertiary/aromatic N) is 1. The maximum atomic E-state index is 11.9. The lowest BCUT2D eigenvalue weighted by Crippen LogP contribution is -2.35. The summed E-state index contributed by atoms with van der Waals surface area (Å²) in [4.78, 5) is 23.8. The molecule has 2 amide bonds. The Kier molecular flexibility index (Phi) is 10.1. The minimum atomic E-state index is -0.174. The average Bonchev–Trinajstić information content (AvgIpc) is 3.31. The first kappa shape index (κ1) is 24.3. The van der Waals surface area contributed by atoms with Gasteiger partial charge in [-0.2, -0.15) is 5.10 Å². The number of rotatable bonds is 11. The normalized spacial score (nSPS) is 15.6. The number of halogens is 1. The quantitative estimate of drug-likeness (QED) is 0.350. The molecule has 1 aliphatic heterocycles. The summed E-state index contributed by atoms with van der Waals surface area (Å²) in [5.74, 6) is 1.33. The van der Waals surface area contributed by atoms with E-state index in [9.17, 15) is 9.59 Å². The third kappa shape index (κ3) is 9.02. The molecule has 1 saturated heterocycles. The molecule has 0 radical (unpaired) electrons. The lowest BCUT2D eigenvalue weighted by Gasteiger charge is -2.11. The molecule has 0 bridgehead atoms. The van der Waals surface area contributed by atoms with Crippen molar-refractivity contribution in [2.24, 2.45) is 5.10 Å². The molecule has 1 aliphatic rings. The average molecular weight is 520 g/mol. The summed E-state index contributed by atoms with van der Waals surface area (Å²) in [6.07, 6.45) is 3.70. The Balaban J connectivity index is 1.31. The Morgan fingerprint density at radius 3 is 2.81 bits per heavy atom. The van der Waals surface area contributed by atoms with Gasteiger partial charge in [-0.1, -0.05) is 28.1 Å². The Labute approximate surface area is 200 Å². The SMILES string of the molecule is O=C(COc1ccc(/C=N/NC(=O)CSCc2cccc(Br)c2)cc1)NCC1CCCO1. The highest BCUT2D eigenvalue weighted by Gasteiger charge is 2.16. The van der Waals surface area contributed by atoms with Gasteiger partial charge in [0.2, 0.25) is 5.91 Å². The molecule has 2 aromatic rings. The summed E-state index contributed by atoms with van der Waals surface area (Å²) in [7, 11) is 0. The fourth-order valence-electron chi connectivity index (χ4n) is 2.98. The first-order chi connectivity index (χ1) is 15.6. The standard InChI is InChI=1S/C23H26BrN3O4S/c24-19-4-1-3-18(11-19)15-32-16-23(29)27-26-12-17-6-8-20(9-7-17)31-14-22(28)25-13-21-5-2-10-30-21/h1,3-4,6-9,11-12,21H,2,5,10,13-16H2,(H,25,28)(H,27,29)/b26-12+. The highest BCUT2D eigenvalue weighted by molar-refractivity contribution is 9.10. The largest absolute Gasteiger partial charge is 0.484 e. The number of hydrogen-bond acceptors (Lipinski definition) is 6. The van der Waals surface area contributed by atoms with Gasteiger partial charge in [0.05, 0.1) is 18.1 Å². The van der Waals surface area contributed by atoms with Crippen LogP contribution in [0.1, 0.15) is 24.0 Å². The van der Waals surface area contributed by atoms with Crippen molar-refractivity contribution in [2.75, 3.05) is 25.5 Å². The molecule has 0 aromatic heterocycles. The molecule has 7 nitrogen and oxygen atoms in total. The van der Waals surface area contributed by atoms with Gasteiger partial charge >= 0.3 is 0 Å². The van der Waals surface area contributed by atoms with Gasteiger partial charge in [0.1, 0.15) is 5.75 Å². The molecule has 1 unspecified atom stereocenters. The molecule has 0 aliphatic carbocycles. The predicted molar refractivity (Wildman–Crippen MR) is 130 cm³/mol. The zero-order valence-electron chi connectivity index (χ0n) is 17.6. The molecule has 0 saturated carbocycles. The van der Waals surface area contributed by atoms with E-state index >= 15 is 0 Å². The molecule has 2 aromatic carbocycles. The van der Waals surface area contributed by atoms with Crippen LogP contribution in [0.3, 0.4) is 0 Å². The van der Waals surface area contributed by atoms with E-state index in [-0.39, 0.29) is 24.5 Å². The monoisotopic (exact) mass is 519 g/mol. The molecule has 9 heteroatoms. The number of amides is 2. The number of hydrogen-bond donors (Lipinski definition) is 2. The Hall–Kier alpha value is -2.36. The van der Waals surface area contributed by atoms with E-state index in [1.54, 1.807) is 30.5 Å². The zero-order valence-corrected chi connectivity index (χ0v) is 20.0. The fraction of sp³-hybridized carbons (Fsp3) is 0.348. The first-order valence-corrected chi connectivity index (χ1v) is 12.3. The summed E-state index contributed by atoms with van der Waals surface area (Å²) >= 11 is 4.97. The van der Waals surface area contributed by atoms with Gasteiger partial charge in [0.15, 0.2) is 6.61 Å². The molecule has 2 N–H and O–H groups in total. The molecular formula is C23H26BrN3O4S. The van der Waals surface area contributed by atoms with Crippen molar-refractivity contribution < 1.29 is 19.1 Å². The number of nitrogens with one attached hydrogen (secondary N) is 2. The highest BCUT2D eigenvalue weighted by atomic mass is 79.9. The minimum Gasteiger partial charge on any atom is -0.484 e. The van der Waals surface area contributed by atoms with Crippen LogP contribution in [-0.4, -0.2) is 49.6 Å². The van der Waals surface area contributed by atoms with Crippen molar-refractivity contribution >= 4 is 45.7 Å². The van der Waals surface area contributed by atoms with Crippen LogP contribution in [-0.2, 0) is 20.1 Å². The summed E-state index contributed by atoms with van der Waals surface area (Å²) in [5, 5.41) is 6.80. The fourth-order valence-corrected chi connectivity index (χ4v) is 4.20. The van der Waals surface area contributed by atoms with Crippen LogP contribution in [0.2, 0.25) is 0 Å². The molecule has 1 atom stereocenters. The minimum absolute atomic E-state index is 0.0478. The van der Waals surface area contributed by atoms with Gasteiger partial charge < -0.3 is 14.8 Å². The van der Waals surface area contributed by atoms with E-state index in [1.807, 2.05) is 24.3 Å². The van der Waals surface area contributed by atoms with E-state index in [0.717, 1.165) is 40.8 Å². The summed E-state index contributed by atoms with van der Waals surface area (Å²) in [5.41, 5.74) is 4.49. The molecule has 32 heavy (non-hydrogen) atoms. The molecule has 3 rings (SSSR count). The smallest absolute Gasteiger partial charge is 0.258 e. The first-order valence-electron chi connectivity index (χ1n) is 10.3. The van der Waals surface area contributed by atoms with Crippen molar-refractivity contribution in [3.05, 3.63) is 64.1 Å². The number of hydrazone groups is 1. The van der Waals surface area contributed by atoms with Gasteiger partial charge in [-0.15, -0.1) is 11.8 Å².